The Morgan fingerprint density at radius 1 is 0.673 bits per heavy atom. The van der Waals surface area contributed by atoms with Gasteiger partial charge in [-0.3, -0.25) is 24.0 Å². The zero-order valence-electron chi connectivity index (χ0n) is 31.2. The largest absolute Gasteiger partial charge is 0.463 e. The molecule has 2 heterocycles. The number of esters is 1. The summed E-state index contributed by atoms with van der Waals surface area (Å²) in [5.41, 5.74) is 0. The zero-order valence-corrected chi connectivity index (χ0v) is 31.2. The molecule has 2 aliphatic rings. The fourth-order valence-electron chi connectivity index (χ4n) is 6.94. The molecule has 0 bridgehead atoms. The van der Waals surface area contributed by atoms with E-state index in [9.17, 15) is 28.8 Å². The molecule has 49 heavy (non-hydrogen) atoms. The molecule has 2 aliphatic heterocycles. The van der Waals surface area contributed by atoms with Crippen LogP contribution in [0.4, 0.5) is 0 Å². The quantitative estimate of drug-likeness (QED) is 0.141. The molecular formula is C37H62N2O10. The number of carbonyl (C=O) groups excluding carboxylic acids is 6. The fourth-order valence-corrected chi connectivity index (χ4v) is 6.94. The molecule has 0 aromatic heterocycles. The van der Waals surface area contributed by atoms with Crippen molar-refractivity contribution in [2.75, 3.05) is 26.9 Å². The van der Waals surface area contributed by atoms with Crippen molar-refractivity contribution in [3.8, 4) is 0 Å². The highest BCUT2D eigenvalue weighted by atomic mass is 16.6. The highest BCUT2D eigenvalue weighted by molar-refractivity contribution is 6.00. The van der Waals surface area contributed by atoms with Gasteiger partial charge in [0.25, 0.3) is 0 Å². The highest BCUT2D eigenvalue weighted by Crippen LogP contribution is 2.37. The summed E-state index contributed by atoms with van der Waals surface area (Å²) in [6.45, 7) is 16.4. The number of carbonyl (C=O) groups is 6. The molecule has 11 unspecified atom stereocenters. The molecule has 0 spiro atoms. The van der Waals surface area contributed by atoms with E-state index in [4.69, 9.17) is 18.9 Å². The molecule has 2 amide bonds. The third kappa shape index (κ3) is 13.9. The van der Waals surface area contributed by atoms with Crippen LogP contribution in [0.5, 0.6) is 0 Å². The molecule has 2 N–H and O–H groups in total. The number of methoxy groups -OCH3 is 1. The molecule has 0 aromatic rings. The second-order valence-corrected chi connectivity index (χ2v) is 14.6. The van der Waals surface area contributed by atoms with Crippen molar-refractivity contribution in [1.82, 2.24) is 10.6 Å². The molecule has 280 valence electrons. The molecule has 12 nitrogen and oxygen atoms in total. The van der Waals surface area contributed by atoms with Crippen LogP contribution in [0.3, 0.4) is 0 Å². The van der Waals surface area contributed by atoms with Gasteiger partial charge in [0.1, 0.15) is 18.2 Å². The smallest absolute Gasteiger partial charge is 0.302 e. The van der Waals surface area contributed by atoms with Gasteiger partial charge in [0.2, 0.25) is 11.8 Å². The van der Waals surface area contributed by atoms with Gasteiger partial charge in [-0.1, -0.05) is 41.5 Å². The second-order valence-electron chi connectivity index (χ2n) is 14.6. The number of ketones is 3. The van der Waals surface area contributed by atoms with E-state index in [1.54, 1.807) is 7.11 Å². The van der Waals surface area contributed by atoms with Crippen LogP contribution in [0.1, 0.15) is 107 Å². The Hall–Kier alpha value is -2.70. The first-order valence-electron chi connectivity index (χ1n) is 18.1. The lowest BCUT2D eigenvalue weighted by Gasteiger charge is -2.43. The summed E-state index contributed by atoms with van der Waals surface area (Å²) in [5.74, 6) is -0.212. The van der Waals surface area contributed by atoms with Crippen LogP contribution < -0.4 is 10.6 Å². The van der Waals surface area contributed by atoms with Crippen molar-refractivity contribution in [2.45, 2.75) is 137 Å². The van der Waals surface area contributed by atoms with Crippen molar-refractivity contribution in [3.05, 3.63) is 0 Å². The number of amides is 2. The molecule has 0 saturated carbocycles. The minimum absolute atomic E-state index is 0.0292. The van der Waals surface area contributed by atoms with E-state index in [-0.39, 0.29) is 117 Å². The van der Waals surface area contributed by atoms with Crippen LogP contribution in [-0.2, 0) is 47.7 Å². The SMILES string of the molecule is COCC1OC(CCC(=O)CC(=O)NC(CCCC(=O)NCC2OC(COC(C)=O)C(C)C(C)C2C)C(=O)CCC(C)=O)C(C)C(C)C1C. The van der Waals surface area contributed by atoms with Gasteiger partial charge in [0.05, 0.1) is 43.5 Å². The van der Waals surface area contributed by atoms with E-state index in [2.05, 4.69) is 52.2 Å². The van der Waals surface area contributed by atoms with Gasteiger partial charge in [-0.25, -0.2) is 0 Å². The van der Waals surface area contributed by atoms with E-state index >= 15 is 0 Å². The molecule has 2 saturated heterocycles. The maximum atomic E-state index is 13.0. The number of hydrogen-bond donors (Lipinski definition) is 2. The first-order valence-corrected chi connectivity index (χ1v) is 18.1. The van der Waals surface area contributed by atoms with Gasteiger partial charge < -0.3 is 34.4 Å². The highest BCUT2D eigenvalue weighted by Gasteiger charge is 2.40. The Morgan fingerprint density at radius 3 is 1.84 bits per heavy atom. The third-order valence-electron chi connectivity index (χ3n) is 11.1. The fraction of sp³-hybridized carbons (Fsp3) is 0.838. The lowest BCUT2D eigenvalue weighted by Crippen LogP contribution is -2.50. The lowest BCUT2D eigenvalue weighted by molar-refractivity contribution is -0.168. The minimum atomic E-state index is -0.905. The third-order valence-corrected chi connectivity index (χ3v) is 11.1. The summed E-state index contributed by atoms with van der Waals surface area (Å²) in [6.07, 6.45) is 0.293. The number of hydrogen-bond acceptors (Lipinski definition) is 10. The Kier molecular flexibility index (Phi) is 18.1. The van der Waals surface area contributed by atoms with Gasteiger partial charge >= 0.3 is 5.97 Å². The topological polar surface area (TPSA) is 163 Å². The predicted molar refractivity (Wildman–Crippen MR) is 183 cm³/mol. The molecule has 0 aliphatic carbocycles. The number of rotatable bonds is 20. The van der Waals surface area contributed by atoms with E-state index in [0.29, 0.717) is 43.7 Å². The molecule has 12 heteroatoms. The minimum Gasteiger partial charge on any atom is -0.463 e. The van der Waals surface area contributed by atoms with E-state index in [1.165, 1.54) is 13.8 Å². The van der Waals surface area contributed by atoms with E-state index < -0.39 is 11.9 Å². The average molecular weight is 695 g/mol. The predicted octanol–water partition coefficient (Wildman–Crippen LogP) is 4.00. The van der Waals surface area contributed by atoms with Gasteiger partial charge in [0, 0.05) is 46.3 Å². The summed E-state index contributed by atoms with van der Waals surface area (Å²) in [5, 5.41) is 5.62. The lowest BCUT2D eigenvalue weighted by atomic mass is 9.75. The molecular weight excluding hydrogens is 632 g/mol. The maximum Gasteiger partial charge on any atom is 0.302 e. The summed E-state index contributed by atoms with van der Waals surface area (Å²) in [7, 11) is 1.64. The van der Waals surface area contributed by atoms with E-state index in [0.717, 1.165) is 0 Å². The standard InChI is InChI=1S/C37H62N2O10/c1-21(40)13-15-31(43)30(39-37(45)17-29(42)14-16-32-24(4)22(2)26(6)34(48-32)19-46-9)11-10-12-36(44)38-18-33-25(5)23(3)27(7)35(49-33)20-47-28(8)41/h22-27,30,32-35H,10-20H2,1-9H3,(H,38,44)(H,39,45). The number of ether oxygens (including phenoxy) is 4. The van der Waals surface area contributed by atoms with Crippen molar-refractivity contribution < 1.29 is 47.7 Å². The maximum absolute atomic E-state index is 13.0. The van der Waals surface area contributed by atoms with Crippen molar-refractivity contribution in [2.24, 2.45) is 35.5 Å². The van der Waals surface area contributed by atoms with Crippen LogP contribution in [0.2, 0.25) is 0 Å². The number of nitrogens with one attached hydrogen (secondary N) is 2. The Morgan fingerprint density at radius 2 is 1.24 bits per heavy atom. The Balaban J connectivity index is 1.88. The molecule has 0 radical (unpaired) electrons. The van der Waals surface area contributed by atoms with E-state index in [1.807, 2.05) is 0 Å². The second kappa shape index (κ2) is 20.8. The molecule has 2 fully saturated rings. The summed E-state index contributed by atoms with van der Waals surface area (Å²) in [6, 6.07) is -0.905. The zero-order chi connectivity index (χ0) is 36.8. The first-order chi connectivity index (χ1) is 23.0. The van der Waals surface area contributed by atoms with Gasteiger partial charge in [-0.2, -0.15) is 0 Å². The van der Waals surface area contributed by atoms with Crippen LogP contribution >= 0.6 is 0 Å². The Bertz CT molecular complexity index is 1130. The van der Waals surface area contributed by atoms with Gasteiger partial charge in [-0.15, -0.1) is 0 Å². The average Bonchev–Trinajstić information content (AvgIpc) is 3.04. The van der Waals surface area contributed by atoms with Crippen molar-refractivity contribution >= 4 is 35.1 Å². The van der Waals surface area contributed by atoms with Crippen molar-refractivity contribution in [1.29, 1.82) is 0 Å². The number of Topliss-reactive ketones (excluding diaryl/α,β-unsaturated/α-hetero) is 3. The summed E-state index contributed by atoms with van der Waals surface area (Å²) in [4.78, 5) is 74.3. The molecule has 0 aromatic carbocycles. The summed E-state index contributed by atoms with van der Waals surface area (Å²) < 4.78 is 23.0. The van der Waals surface area contributed by atoms with Crippen LogP contribution in [-0.4, -0.2) is 92.5 Å². The Labute approximate surface area is 292 Å². The van der Waals surface area contributed by atoms with Crippen LogP contribution in [0.15, 0.2) is 0 Å². The molecule has 11 atom stereocenters. The van der Waals surface area contributed by atoms with Crippen LogP contribution in [0.25, 0.3) is 0 Å². The normalized spacial score (nSPS) is 30.6. The molecule has 2 rings (SSSR count). The monoisotopic (exact) mass is 694 g/mol. The van der Waals surface area contributed by atoms with Crippen molar-refractivity contribution in [3.63, 3.8) is 0 Å². The van der Waals surface area contributed by atoms with Gasteiger partial charge in [-0.05, 0) is 61.7 Å². The summed E-state index contributed by atoms with van der Waals surface area (Å²) >= 11 is 0. The van der Waals surface area contributed by atoms with Gasteiger partial charge in [0.15, 0.2) is 5.78 Å². The first kappa shape index (κ1) is 42.5. The van der Waals surface area contributed by atoms with Crippen LogP contribution in [0, 0.1) is 35.5 Å².